The van der Waals surface area contributed by atoms with Gasteiger partial charge in [-0.2, -0.15) is 0 Å². The molecule has 2 N–H and O–H groups in total. The second kappa shape index (κ2) is 10.8. The Hall–Kier alpha value is -5.02. The number of aromatic hydroxyl groups is 1. The van der Waals surface area contributed by atoms with Crippen LogP contribution in [-0.4, -0.2) is 5.11 Å². The van der Waals surface area contributed by atoms with Crippen LogP contribution in [0.2, 0.25) is 0 Å². The Balaban J connectivity index is 1.33. The molecule has 0 amide bonds. The van der Waals surface area contributed by atoms with Crippen LogP contribution in [0.25, 0.3) is 43.9 Å². The zero-order chi connectivity index (χ0) is 28.6. The molecule has 42 heavy (non-hydrogen) atoms. The number of hydrogen-bond acceptors (Lipinski definition) is 3. The highest BCUT2D eigenvalue weighted by atomic mass is 16.3. The standard InChI is InChI=1S/C39H33NO2/c1-3-26-13-7-8-16-28(26)23-25(2)37-31-18-10-9-17-30(31)35(24-36(37)41)40-34-22-12-21-33-32-20-11-19-29(38(32)42-39(33)34)27-14-5-4-6-15-27/h3,5,8-12,14-24,40-41H,2,4,6-7,13H2,1H3/b26-3-,28-23-. The molecule has 0 atom stereocenters. The number of fused-ring (bicyclic) bond motifs is 4. The summed E-state index contributed by atoms with van der Waals surface area (Å²) in [6.45, 7) is 6.46. The first kappa shape index (κ1) is 25.9. The van der Waals surface area contributed by atoms with Gasteiger partial charge in [0.25, 0.3) is 0 Å². The van der Waals surface area contributed by atoms with Crippen molar-refractivity contribution in [2.75, 3.05) is 5.32 Å². The van der Waals surface area contributed by atoms with Gasteiger partial charge in [-0.1, -0.05) is 97.6 Å². The Morgan fingerprint density at radius 2 is 1.60 bits per heavy atom. The number of nitrogens with one attached hydrogen (secondary N) is 1. The fraction of sp³-hybridized carbons (Fsp3) is 0.128. The van der Waals surface area contributed by atoms with Gasteiger partial charge >= 0.3 is 0 Å². The van der Waals surface area contributed by atoms with Gasteiger partial charge in [0, 0.05) is 33.4 Å². The predicted octanol–water partition coefficient (Wildman–Crippen LogP) is 11.2. The molecule has 5 aromatic rings. The summed E-state index contributed by atoms with van der Waals surface area (Å²) in [7, 11) is 0. The van der Waals surface area contributed by atoms with E-state index in [9.17, 15) is 5.11 Å². The highest BCUT2D eigenvalue weighted by Gasteiger charge is 2.18. The first-order valence-electron chi connectivity index (χ1n) is 14.7. The van der Waals surface area contributed by atoms with E-state index < -0.39 is 0 Å². The third kappa shape index (κ3) is 4.48. The van der Waals surface area contributed by atoms with Crippen LogP contribution in [0, 0.1) is 0 Å². The molecule has 0 fully saturated rings. The van der Waals surface area contributed by atoms with E-state index in [1.54, 1.807) is 6.07 Å². The van der Waals surface area contributed by atoms with Gasteiger partial charge in [0.1, 0.15) is 11.3 Å². The molecule has 206 valence electrons. The van der Waals surface area contributed by atoms with E-state index in [1.807, 2.05) is 30.3 Å². The number of anilines is 2. The van der Waals surface area contributed by atoms with Crippen molar-refractivity contribution in [1.29, 1.82) is 0 Å². The second-order valence-electron chi connectivity index (χ2n) is 11.0. The number of hydrogen-bond donors (Lipinski definition) is 2. The van der Waals surface area contributed by atoms with Crippen molar-refractivity contribution in [3.05, 3.63) is 138 Å². The van der Waals surface area contributed by atoms with Gasteiger partial charge in [0.15, 0.2) is 5.58 Å². The molecule has 3 nitrogen and oxygen atoms in total. The van der Waals surface area contributed by atoms with E-state index >= 15 is 0 Å². The molecule has 0 spiro atoms. The monoisotopic (exact) mass is 547 g/mol. The summed E-state index contributed by atoms with van der Waals surface area (Å²) in [6, 6.07) is 22.5. The molecule has 0 aliphatic heterocycles. The maximum atomic E-state index is 11.4. The van der Waals surface area contributed by atoms with Gasteiger partial charge in [-0.05, 0) is 72.4 Å². The number of furan rings is 1. The van der Waals surface area contributed by atoms with Crippen molar-refractivity contribution in [3.8, 4) is 5.75 Å². The Bertz CT molecular complexity index is 2040. The SMILES string of the molecule is C=C(/C=C1/C=CCC/C1=C/C)c1c(O)cc(Nc2cccc3c2oc2c(C4=CCCC=C4)cccc23)c2ccccc12. The van der Waals surface area contributed by atoms with Crippen molar-refractivity contribution in [1.82, 2.24) is 0 Å². The van der Waals surface area contributed by atoms with E-state index in [0.29, 0.717) is 0 Å². The molecule has 7 rings (SSSR count). The van der Waals surface area contributed by atoms with Gasteiger partial charge in [0.05, 0.1) is 11.4 Å². The van der Waals surface area contributed by atoms with Gasteiger partial charge in [-0.3, -0.25) is 0 Å². The normalized spacial score (nSPS) is 17.0. The third-order valence-corrected chi connectivity index (χ3v) is 8.37. The Morgan fingerprint density at radius 3 is 2.40 bits per heavy atom. The molecule has 1 heterocycles. The number of allylic oxidation sites excluding steroid dienone is 11. The van der Waals surface area contributed by atoms with Crippen LogP contribution in [0.15, 0.2) is 131 Å². The fourth-order valence-corrected chi connectivity index (χ4v) is 6.32. The molecule has 0 radical (unpaired) electrons. The summed E-state index contributed by atoms with van der Waals surface area (Å²) in [6.07, 6.45) is 19.5. The molecule has 2 aliphatic carbocycles. The van der Waals surface area contributed by atoms with Crippen molar-refractivity contribution in [2.45, 2.75) is 32.6 Å². The predicted molar refractivity (Wildman–Crippen MR) is 178 cm³/mol. The quantitative estimate of drug-likeness (QED) is 0.230. The highest BCUT2D eigenvalue weighted by molar-refractivity contribution is 6.13. The minimum absolute atomic E-state index is 0.190. The van der Waals surface area contributed by atoms with E-state index in [0.717, 1.165) is 92.0 Å². The summed E-state index contributed by atoms with van der Waals surface area (Å²) in [5.74, 6) is 0.190. The second-order valence-corrected chi connectivity index (χ2v) is 11.0. The van der Waals surface area contributed by atoms with E-state index in [1.165, 1.54) is 11.1 Å². The first-order valence-corrected chi connectivity index (χ1v) is 14.7. The van der Waals surface area contributed by atoms with Crippen LogP contribution in [0.5, 0.6) is 5.75 Å². The minimum Gasteiger partial charge on any atom is -0.507 e. The van der Waals surface area contributed by atoms with Crippen LogP contribution < -0.4 is 5.32 Å². The zero-order valence-electron chi connectivity index (χ0n) is 23.8. The van der Waals surface area contributed by atoms with Crippen LogP contribution >= 0.6 is 0 Å². The smallest absolute Gasteiger partial charge is 0.158 e. The summed E-state index contributed by atoms with van der Waals surface area (Å²) >= 11 is 0. The Labute approximate surface area is 246 Å². The highest BCUT2D eigenvalue weighted by Crippen LogP contribution is 2.42. The maximum absolute atomic E-state index is 11.4. The zero-order valence-corrected chi connectivity index (χ0v) is 23.8. The lowest BCUT2D eigenvalue weighted by Crippen LogP contribution is -1.96. The summed E-state index contributed by atoms with van der Waals surface area (Å²) in [4.78, 5) is 0. The Kier molecular flexibility index (Phi) is 6.64. The topological polar surface area (TPSA) is 45.4 Å². The number of phenolic OH excluding ortho intramolecular Hbond substituents is 1. The minimum atomic E-state index is 0.190. The fourth-order valence-electron chi connectivity index (χ4n) is 6.32. The lowest BCUT2D eigenvalue weighted by Gasteiger charge is -2.17. The lowest BCUT2D eigenvalue weighted by molar-refractivity contribution is 0.475. The van der Waals surface area contributed by atoms with Crippen molar-refractivity contribution < 1.29 is 9.52 Å². The average Bonchev–Trinajstić information content (AvgIpc) is 3.42. The van der Waals surface area contributed by atoms with Crippen LogP contribution in [0.4, 0.5) is 11.4 Å². The van der Waals surface area contributed by atoms with Crippen LogP contribution in [0.1, 0.15) is 43.7 Å². The molecular formula is C39H33NO2. The van der Waals surface area contributed by atoms with Crippen molar-refractivity contribution >= 4 is 55.2 Å². The summed E-state index contributed by atoms with van der Waals surface area (Å²) in [5.41, 5.74) is 9.65. The van der Waals surface area contributed by atoms with Gasteiger partial charge in [-0.15, -0.1) is 0 Å². The first-order chi connectivity index (χ1) is 20.6. The van der Waals surface area contributed by atoms with E-state index in [-0.39, 0.29) is 5.75 Å². The Morgan fingerprint density at radius 1 is 0.833 bits per heavy atom. The number of benzene rings is 4. The molecule has 0 bridgehead atoms. The van der Waals surface area contributed by atoms with Crippen molar-refractivity contribution in [3.63, 3.8) is 0 Å². The van der Waals surface area contributed by atoms with E-state index in [2.05, 4.69) is 91.7 Å². The maximum Gasteiger partial charge on any atom is 0.158 e. The lowest BCUT2D eigenvalue weighted by atomic mass is 9.90. The molecule has 0 saturated carbocycles. The largest absolute Gasteiger partial charge is 0.507 e. The average molecular weight is 548 g/mol. The summed E-state index contributed by atoms with van der Waals surface area (Å²) < 4.78 is 6.62. The molecule has 3 heteroatoms. The number of phenols is 1. The molecule has 1 aromatic heterocycles. The third-order valence-electron chi connectivity index (χ3n) is 8.37. The van der Waals surface area contributed by atoms with Gasteiger partial charge < -0.3 is 14.8 Å². The summed E-state index contributed by atoms with van der Waals surface area (Å²) in [5, 5.41) is 19.1. The van der Waals surface area contributed by atoms with Crippen LogP contribution in [-0.2, 0) is 0 Å². The van der Waals surface area contributed by atoms with Gasteiger partial charge in [-0.25, -0.2) is 0 Å². The number of rotatable bonds is 5. The molecular weight excluding hydrogens is 514 g/mol. The van der Waals surface area contributed by atoms with Crippen molar-refractivity contribution in [2.24, 2.45) is 0 Å². The van der Waals surface area contributed by atoms with Gasteiger partial charge in [0.2, 0.25) is 0 Å². The molecule has 0 unspecified atom stereocenters. The molecule has 0 saturated heterocycles. The number of para-hydroxylation sites is 2. The molecule has 2 aliphatic rings. The van der Waals surface area contributed by atoms with Crippen LogP contribution in [0.3, 0.4) is 0 Å². The van der Waals surface area contributed by atoms with E-state index in [4.69, 9.17) is 4.42 Å². The molecule has 4 aromatic carbocycles.